The summed E-state index contributed by atoms with van der Waals surface area (Å²) in [7, 11) is 0. The van der Waals surface area contributed by atoms with E-state index in [9.17, 15) is 0 Å². The molecule has 0 spiro atoms. The molecule has 0 aromatic carbocycles. The van der Waals surface area contributed by atoms with Gasteiger partial charge in [0.15, 0.2) is 0 Å². The second-order valence-corrected chi connectivity index (χ2v) is 6.73. The first kappa shape index (κ1) is 17.5. The highest BCUT2D eigenvalue weighted by Crippen LogP contribution is 2.34. The Bertz CT molecular complexity index is 165. The summed E-state index contributed by atoms with van der Waals surface area (Å²) < 4.78 is 0. The third kappa shape index (κ3) is 8.24. The Labute approximate surface area is 118 Å². The standard InChI is InChI=1S/C16H33Br/c1-5-6-7-8-9-10-11-12-13-16(4,14-17)15(2)3/h15H,5-14H2,1-4H3. The summed E-state index contributed by atoms with van der Waals surface area (Å²) in [5, 5.41) is 1.15. The number of hydrogen-bond donors (Lipinski definition) is 0. The Morgan fingerprint density at radius 1 is 0.882 bits per heavy atom. The van der Waals surface area contributed by atoms with Crippen molar-refractivity contribution in [1.82, 2.24) is 0 Å². The molecular formula is C16H33Br. The van der Waals surface area contributed by atoms with E-state index in [0.29, 0.717) is 5.41 Å². The first-order valence-corrected chi connectivity index (χ1v) is 8.75. The summed E-state index contributed by atoms with van der Waals surface area (Å²) >= 11 is 3.68. The van der Waals surface area contributed by atoms with Crippen LogP contribution in [-0.2, 0) is 0 Å². The molecule has 0 aromatic heterocycles. The van der Waals surface area contributed by atoms with E-state index in [1.54, 1.807) is 0 Å². The molecule has 0 saturated carbocycles. The van der Waals surface area contributed by atoms with Crippen molar-refractivity contribution in [3.63, 3.8) is 0 Å². The molecule has 0 aromatic rings. The maximum Gasteiger partial charge on any atom is 0.00877 e. The normalized spacial score (nSPS) is 15.2. The van der Waals surface area contributed by atoms with Crippen molar-refractivity contribution < 1.29 is 0 Å². The van der Waals surface area contributed by atoms with Crippen LogP contribution in [-0.4, -0.2) is 5.33 Å². The molecule has 0 radical (unpaired) electrons. The first-order valence-electron chi connectivity index (χ1n) is 7.62. The number of halogens is 1. The smallest absolute Gasteiger partial charge is 0.00877 e. The molecule has 0 nitrogen and oxygen atoms in total. The van der Waals surface area contributed by atoms with Crippen LogP contribution in [0.4, 0.5) is 0 Å². The van der Waals surface area contributed by atoms with Gasteiger partial charge in [-0.05, 0) is 17.8 Å². The molecule has 1 atom stereocenters. The molecule has 0 N–H and O–H groups in total. The molecule has 0 saturated heterocycles. The number of hydrogen-bond acceptors (Lipinski definition) is 0. The zero-order chi connectivity index (χ0) is 13.1. The highest BCUT2D eigenvalue weighted by molar-refractivity contribution is 9.09. The highest BCUT2D eigenvalue weighted by atomic mass is 79.9. The highest BCUT2D eigenvalue weighted by Gasteiger charge is 2.25. The molecule has 0 aliphatic carbocycles. The third-order valence-corrected chi connectivity index (χ3v) is 5.58. The molecule has 104 valence electrons. The minimum Gasteiger partial charge on any atom is -0.0922 e. The zero-order valence-corrected chi connectivity index (χ0v) is 14.1. The van der Waals surface area contributed by atoms with Crippen LogP contribution in [0.5, 0.6) is 0 Å². The molecule has 1 heteroatoms. The molecule has 0 fully saturated rings. The summed E-state index contributed by atoms with van der Waals surface area (Å²) in [6.45, 7) is 9.42. The van der Waals surface area contributed by atoms with Crippen molar-refractivity contribution in [2.75, 3.05) is 5.33 Å². The van der Waals surface area contributed by atoms with Gasteiger partial charge in [0.25, 0.3) is 0 Å². The van der Waals surface area contributed by atoms with Gasteiger partial charge in [-0.15, -0.1) is 0 Å². The van der Waals surface area contributed by atoms with Crippen LogP contribution in [0.25, 0.3) is 0 Å². The van der Waals surface area contributed by atoms with E-state index in [0.717, 1.165) is 11.2 Å². The number of rotatable bonds is 11. The van der Waals surface area contributed by atoms with Gasteiger partial charge in [-0.25, -0.2) is 0 Å². The van der Waals surface area contributed by atoms with Gasteiger partial charge in [0.1, 0.15) is 0 Å². The molecule has 0 heterocycles. The minimum atomic E-state index is 0.502. The second-order valence-electron chi connectivity index (χ2n) is 6.17. The van der Waals surface area contributed by atoms with Crippen LogP contribution in [0.2, 0.25) is 0 Å². The van der Waals surface area contributed by atoms with Gasteiger partial charge < -0.3 is 0 Å². The van der Waals surface area contributed by atoms with Crippen molar-refractivity contribution >= 4 is 15.9 Å². The lowest BCUT2D eigenvalue weighted by atomic mass is 9.77. The van der Waals surface area contributed by atoms with Crippen molar-refractivity contribution in [3.8, 4) is 0 Å². The molecule has 0 aliphatic heterocycles. The largest absolute Gasteiger partial charge is 0.0922 e. The molecule has 0 rings (SSSR count). The van der Waals surface area contributed by atoms with Crippen LogP contribution in [0, 0.1) is 11.3 Å². The van der Waals surface area contributed by atoms with E-state index < -0.39 is 0 Å². The Morgan fingerprint density at radius 3 is 1.76 bits per heavy atom. The predicted octanol–water partition coefficient (Wildman–Crippen LogP) is 6.57. The molecule has 1 unspecified atom stereocenters. The molecule has 0 aliphatic rings. The second kappa shape index (κ2) is 10.4. The Kier molecular flexibility index (Phi) is 10.7. The van der Waals surface area contributed by atoms with Crippen molar-refractivity contribution in [2.24, 2.45) is 11.3 Å². The van der Waals surface area contributed by atoms with Gasteiger partial charge in [0.05, 0.1) is 0 Å². The quantitative estimate of drug-likeness (QED) is 0.299. The van der Waals surface area contributed by atoms with Gasteiger partial charge in [-0.1, -0.05) is 95.0 Å². The van der Waals surface area contributed by atoms with Crippen LogP contribution >= 0.6 is 15.9 Å². The van der Waals surface area contributed by atoms with Crippen LogP contribution in [0.3, 0.4) is 0 Å². The fourth-order valence-electron chi connectivity index (χ4n) is 2.17. The predicted molar refractivity (Wildman–Crippen MR) is 84.0 cm³/mol. The maximum atomic E-state index is 3.68. The van der Waals surface area contributed by atoms with Gasteiger partial charge in [-0.3, -0.25) is 0 Å². The van der Waals surface area contributed by atoms with Gasteiger partial charge in [-0.2, -0.15) is 0 Å². The molecule has 0 bridgehead atoms. The lowest BCUT2D eigenvalue weighted by Gasteiger charge is -2.32. The van der Waals surface area contributed by atoms with Crippen LogP contribution in [0.1, 0.15) is 85.5 Å². The Hall–Kier alpha value is 0.480. The number of alkyl halides is 1. The summed E-state index contributed by atoms with van der Waals surface area (Å²) in [6.07, 6.45) is 12.8. The maximum absolute atomic E-state index is 3.68. The molecular weight excluding hydrogens is 272 g/mol. The van der Waals surface area contributed by atoms with E-state index in [1.165, 1.54) is 57.8 Å². The third-order valence-electron chi connectivity index (χ3n) is 4.30. The summed E-state index contributed by atoms with van der Waals surface area (Å²) in [4.78, 5) is 0. The minimum absolute atomic E-state index is 0.502. The summed E-state index contributed by atoms with van der Waals surface area (Å²) in [5.74, 6) is 0.784. The average molecular weight is 305 g/mol. The fraction of sp³-hybridized carbons (Fsp3) is 1.00. The van der Waals surface area contributed by atoms with Gasteiger partial charge >= 0.3 is 0 Å². The summed E-state index contributed by atoms with van der Waals surface area (Å²) in [5.41, 5.74) is 0.502. The van der Waals surface area contributed by atoms with Crippen molar-refractivity contribution in [3.05, 3.63) is 0 Å². The van der Waals surface area contributed by atoms with Crippen LogP contribution < -0.4 is 0 Å². The van der Waals surface area contributed by atoms with Crippen molar-refractivity contribution in [1.29, 1.82) is 0 Å². The van der Waals surface area contributed by atoms with Crippen molar-refractivity contribution in [2.45, 2.75) is 85.5 Å². The first-order chi connectivity index (χ1) is 8.06. The van der Waals surface area contributed by atoms with E-state index in [1.807, 2.05) is 0 Å². The fourth-order valence-corrected chi connectivity index (χ4v) is 3.10. The lowest BCUT2D eigenvalue weighted by molar-refractivity contribution is 0.230. The molecule has 17 heavy (non-hydrogen) atoms. The van der Waals surface area contributed by atoms with Gasteiger partial charge in [0.2, 0.25) is 0 Å². The van der Waals surface area contributed by atoms with E-state index in [-0.39, 0.29) is 0 Å². The lowest BCUT2D eigenvalue weighted by Crippen LogP contribution is -2.25. The SMILES string of the molecule is CCCCCCCCCCC(C)(CBr)C(C)C. The monoisotopic (exact) mass is 304 g/mol. The van der Waals surface area contributed by atoms with E-state index >= 15 is 0 Å². The average Bonchev–Trinajstić information content (AvgIpc) is 2.32. The zero-order valence-electron chi connectivity index (χ0n) is 12.5. The van der Waals surface area contributed by atoms with Gasteiger partial charge in [0, 0.05) is 5.33 Å². The number of unbranched alkanes of at least 4 members (excludes halogenated alkanes) is 7. The summed E-state index contributed by atoms with van der Waals surface area (Å²) in [6, 6.07) is 0. The van der Waals surface area contributed by atoms with E-state index in [2.05, 4.69) is 43.6 Å². The van der Waals surface area contributed by atoms with Crippen LogP contribution in [0.15, 0.2) is 0 Å². The Morgan fingerprint density at radius 2 is 1.35 bits per heavy atom. The molecule has 0 amide bonds. The Balaban J connectivity index is 3.44. The topological polar surface area (TPSA) is 0 Å². The van der Waals surface area contributed by atoms with E-state index in [4.69, 9.17) is 0 Å².